The van der Waals surface area contributed by atoms with Gasteiger partial charge < -0.3 is 0 Å². The van der Waals surface area contributed by atoms with Gasteiger partial charge in [0.05, 0.1) is 0 Å². The molecule has 8 heavy (non-hydrogen) atoms. The van der Waals surface area contributed by atoms with Gasteiger partial charge >= 0.3 is 59.5 Å². The Labute approximate surface area is 59.9 Å². The summed E-state index contributed by atoms with van der Waals surface area (Å²) in [4.78, 5) is 0. The number of allylic oxidation sites excluding steroid dienone is 4. The predicted molar refractivity (Wildman–Crippen MR) is 37.0 cm³/mol. The van der Waals surface area contributed by atoms with E-state index in [4.69, 9.17) is 0 Å². The molecular formula is C7H9Li. The Morgan fingerprint density at radius 1 is 1.62 bits per heavy atom. The van der Waals surface area contributed by atoms with E-state index in [0.29, 0.717) is 4.09 Å². The minimum absolute atomic E-state index is 0.323. The van der Waals surface area contributed by atoms with Crippen LogP contribution in [-0.4, -0.2) is 17.7 Å². The standard InChI is InChI=1S/C7H9.Li/c1-6-3-4-7(2)5-6;/h3-5H,1-2H3;. The molecule has 0 aromatic heterocycles. The molecule has 0 aliphatic heterocycles. The Balaban J connectivity index is 2.84. The monoisotopic (exact) mass is 100 g/mol. The van der Waals surface area contributed by atoms with Crippen LogP contribution >= 0.6 is 0 Å². The third kappa shape index (κ3) is 1.28. The molecule has 1 aliphatic carbocycles. The van der Waals surface area contributed by atoms with Crippen molar-refractivity contribution in [1.82, 2.24) is 0 Å². The first-order valence-corrected chi connectivity index (χ1v) is 2.99. The molecule has 0 aromatic rings. The predicted octanol–water partition coefficient (Wildman–Crippen LogP) is 1.85. The fourth-order valence-corrected chi connectivity index (χ4v) is 1.03. The second kappa shape index (κ2) is 1.79. The molecular weight excluding hydrogens is 91.0 g/mol. The normalized spacial score (nSPS) is 35.8. The van der Waals surface area contributed by atoms with E-state index in [1.54, 1.807) is 0 Å². The minimum atomic E-state index is 0.323. The summed E-state index contributed by atoms with van der Waals surface area (Å²) in [6, 6.07) is 0. The van der Waals surface area contributed by atoms with E-state index in [0.717, 1.165) is 0 Å². The molecule has 0 heterocycles. The fourth-order valence-electron chi connectivity index (χ4n) is 1.03. The molecule has 0 amide bonds. The van der Waals surface area contributed by atoms with Crippen molar-refractivity contribution in [3.63, 3.8) is 0 Å². The van der Waals surface area contributed by atoms with Gasteiger partial charge in [0.1, 0.15) is 0 Å². The zero-order valence-corrected chi connectivity index (χ0v) is 5.73. The van der Waals surface area contributed by atoms with E-state index < -0.39 is 0 Å². The van der Waals surface area contributed by atoms with E-state index in [2.05, 4.69) is 49.8 Å². The Bertz CT molecular complexity index is 152. The first-order valence-electron chi connectivity index (χ1n) is 2.99. The second-order valence-electron chi connectivity index (χ2n) is 3.04. The molecule has 0 radical (unpaired) electrons. The molecule has 1 unspecified atom stereocenters. The van der Waals surface area contributed by atoms with Gasteiger partial charge in [0.25, 0.3) is 0 Å². The van der Waals surface area contributed by atoms with E-state index in [1.165, 1.54) is 5.57 Å². The van der Waals surface area contributed by atoms with Crippen molar-refractivity contribution in [2.45, 2.75) is 17.9 Å². The van der Waals surface area contributed by atoms with Crippen molar-refractivity contribution < 1.29 is 0 Å². The fraction of sp³-hybridized carbons (Fsp3) is 0.429. The van der Waals surface area contributed by atoms with Gasteiger partial charge in [0.2, 0.25) is 0 Å². The zero-order chi connectivity index (χ0) is 6.20. The van der Waals surface area contributed by atoms with Crippen LogP contribution in [0.3, 0.4) is 0 Å². The van der Waals surface area contributed by atoms with Crippen molar-refractivity contribution in [2.75, 3.05) is 0 Å². The summed E-state index contributed by atoms with van der Waals surface area (Å²) in [5.41, 5.74) is 1.38. The molecule has 38 valence electrons. The summed E-state index contributed by atoms with van der Waals surface area (Å²) in [5, 5.41) is 0. The third-order valence-electron chi connectivity index (χ3n) is 1.38. The summed E-state index contributed by atoms with van der Waals surface area (Å²) >= 11 is 2.21. The Morgan fingerprint density at radius 3 is 2.38 bits per heavy atom. The Hall–Kier alpha value is 0.0774. The van der Waals surface area contributed by atoms with Crippen LogP contribution < -0.4 is 0 Å². The van der Waals surface area contributed by atoms with Crippen molar-refractivity contribution in [1.29, 1.82) is 0 Å². The van der Waals surface area contributed by atoms with Crippen LogP contribution in [0.1, 0.15) is 13.8 Å². The molecule has 0 spiro atoms. The molecule has 0 nitrogen and oxygen atoms in total. The van der Waals surface area contributed by atoms with Crippen molar-refractivity contribution in [2.24, 2.45) is 0 Å². The van der Waals surface area contributed by atoms with Gasteiger partial charge in [-0.15, -0.1) is 0 Å². The van der Waals surface area contributed by atoms with Gasteiger partial charge in [-0.2, -0.15) is 0 Å². The van der Waals surface area contributed by atoms with Crippen LogP contribution in [0.2, 0.25) is 4.09 Å². The summed E-state index contributed by atoms with van der Waals surface area (Å²) in [5.74, 6) is 0. The molecule has 1 atom stereocenters. The number of rotatable bonds is 0. The van der Waals surface area contributed by atoms with Gasteiger partial charge in [0.15, 0.2) is 0 Å². The van der Waals surface area contributed by atoms with Gasteiger partial charge in [-0.05, 0) is 0 Å². The maximum absolute atomic E-state index is 2.27. The van der Waals surface area contributed by atoms with Crippen LogP contribution in [-0.2, 0) is 0 Å². The molecule has 0 saturated heterocycles. The van der Waals surface area contributed by atoms with Crippen LogP contribution in [0, 0.1) is 0 Å². The van der Waals surface area contributed by atoms with Crippen molar-refractivity contribution in [3.05, 3.63) is 23.8 Å². The Morgan fingerprint density at radius 2 is 2.25 bits per heavy atom. The van der Waals surface area contributed by atoms with Crippen LogP contribution in [0.15, 0.2) is 23.8 Å². The van der Waals surface area contributed by atoms with Crippen LogP contribution in [0.4, 0.5) is 0 Å². The first kappa shape index (κ1) is 6.20. The third-order valence-corrected chi connectivity index (χ3v) is 1.38. The van der Waals surface area contributed by atoms with Crippen LogP contribution in [0.25, 0.3) is 0 Å². The molecule has 0 N–H and O–H groups in total. The van der Waals surface area contributed by atoms with E-state index in [1.807, 2.05) is 0 Å². The Kier molecular flexibility index (Phi) is 1.39. The SMILES string of the molecule is [Li][C]1(C)C=CC(C)=C1. The van der Waals surface area contributed by atoms with Gasteiger partial charge in [-0.3, -0.25) is 0 Å². The second-order valence-corrected chi connectivity index (χ2v) is 3.04. The molecule has 0 bridgehead atoms. The quantitative estimate of drug-likeness (QED) is 0.407. The van der Waals surface area contributed by atoms with E-state index >= 15 is 0 Å². The van der Waals surface area contributed by atoms with Crippen molar-refractivity contribution >= 4 is 17.7 Å². The average molecular weight is 100 g/mol. The molecule has 1 aliphatic rings. The molecule has 0 aromatic carbocycles. The molecule has 0 fully saturated rings. The summed E-state index contributed by atoms with van der Waals surface area (Å²) in [6.45, 7) is 4.34. The average Bonchev–Trinajstić information content (AvgIpc) is 1.82. The van der Waals surface area contributed by atoms with Crippen LogP contribution in [0.5, 0.6) is 0 Å². The maximum atomic E-state index is 2.27. The van der Waals surface area contributed by atoms with Gasteiger partial charge in [-0.25, -0.2) is 0 Å². The van der Waals surface area contributed by atoms with Crippen molar-refractivity contribution in [3.8, 4) is 0 Å². The zero-order valence-electron chi connectivity index (χ0n) is 5.73. The first-order chi connectivity index (χ1) is 3.60. The number of hydrogen-bond acceptors (Lipinski definition) is 0. The number of hydrogen-bond donors (Lipinski definition) is 0. The molecule has 1 rings (SSSR count). The molecule has 0 saturated carbocycles. The van der Waals surface area contributed by atoms with E-state index in [9.17, 15) is 0 Å². The molecule has 1 heteroatoms. The summed E-state index contributed by atoms with van der Waals surface area (Å²) in [6.07, 6.45) is 6.66. The van der Waals surface area contributed by atoms with Gasteiger partial charge in [-0.1, -0.05) is 0 Å². The summed E-state index contributed by atoms with van der Waals surface area (Å²) in [7, 11) is 0. The van der Waals surface area contributed by atoms with Gasteiger partial charge in [0, 0.05) is 0 Å². The van der Waals surface area contributed by atoms with E-state index in [-0.39, 0.29) is 0 Å². The topological polar surface area (TPSA) is 0 Å². The summed E-state index contributed by atoms with van der Waals surface area (Å²) < 4.78 is 0.323.